The van der Waals surface area contributed by atoms with Crippen LogP contribution in [0.3, 0.4) is 0 Å². The number of carbonyl (C=O) groups excluding carboxylic acids is 1. The zero-order chi connectivity index (χ0) is 20.8. The van der Waals surface area contributed by atoms with Crippen LogP contribution >= 0.6 is 11.3 Å². The number of aliphatic imine (C=N–C) groups is 1. The molecule has 0 radical (unpaired) electrons. The summed E-state index contributed by atoms with van der Waals surface area (Å²) in [6, 6.07) is 11.9. The third-order valence-corrected chi connectivity index (χ3v) is 5.65. The Morgan fingerprint density at radius 3 is 2.66 bits per heavy atom. The van der Waals surface area contributed by atoms with E-state index in [1.54, 1.807) is 18.2 Å². The zero-order valence-electron chi connectivity index (χ0n) is 14.7. The molecule has 1 amide bonds. The number of nitrogens with zero attached hydrogens (tertiary/aromatic N) is 2. The van der Waals surface area contributed by atoms with Crippen LogP contribution in [0.25, 0.3) is 10.1 Å². The van der Waals surface area contributed by atoms with Gasteiger partial charge in [0.1, 0.15) is 13.1 Å². The van der Waals surface area contributed by atoms with Gasteiger partial charge in [0.05, 0.1) is 21.8 Å². The van der Waals surface area contributed by atoms with E-state index in [1.807, 2.05) is 6.07 Å². The van der Waals surface area contributed by atoms with Gasteiger partial charge in [0.2, 0.25) is 5.91 Å². The minimum absolute atomic E-state index is 0.220. The van der Waals surface area contributed by atoms with Crippen LogP contribution in [-0.4, -0.2) is 35.8 Å². The van der Waals surface area contributed by atoms with Crippen molar-refractivity contribution in [2.24, 2.45) is 4.99 Å². The number of amides is 1. The van der Waals surface area contributed by atoms with Crippen LogP contribution in [0.5, 0.6) is 0 Å². The second kappa shape index (κ2) is 7.00. The molecule has 1 aliphatic heterocycles. The third-order valence-electron chi connectivity index (χ3n) is 4.48. The van der Waals surface area contributed by atoms with Crippen LogP contribution < -0.4 is 4.90 Å². The number of alkyl halides is 3. The summed E-state index contributed by atoms with van der Waals surface area (Å²) in [6.07, 6.45) is -4.52. The van der Waals surface area contributed by atoms with Crippen LogP contribution in [0.2, 0.25) is 0 Å². The summed E-state index contributed by atoms with van der Waals surface area (Å²) in [5.41, 5.74) is 0.0103. The Morgan fingerprint density at radius 1 is 1.17 bits per heavy atom. The number of rotatable bonds is 3. The van der Waals surface area contributed by atoms with Gasteiger partial charge in [0.15, 0.2) is 0 Å². The average Bonchev–Trinajstić information content (AvgIpc) is 2.98. The number of hydrogen-bond acceptors (Lipinski definition) is 4. The first-order valence-corrected chi connectivity index (χ1v) is 9.33. The smallest absolute Gasteiger partial charge is 0.416 e. The summed E-state index contributed by atoms with van der Waals surface area (Å²) in [6.45, 7) is -0.910. The highest BCUT2D eigenvalue weighted by atomic mass is 32.1. The topological polar surface area (TPSA) is 70.0 Å². The summed E-state index contributed by atoms with van der Waals surface area (Å²) >= 11 is 1.26. The lowest BCUT2D eigenvalue weighted by molar-refractivity contribution is -0.138. The second-order valence-corrected chi connectivity index (χ2v) is 7.45. The van der Waals surface area contributed by atoms with E-state index >= 15 is 0 Å². The van der Waals surface area contributed by atoms with Gasteiger partial charge in [-0.3, -0.25) is 19.5 Å². The molecule has 0 unspecified atom stereocenters. The molecule has 0 saturated heterocycles. The normalized spacial score (nSPS) is 14.5. The van der Waals surface area contributed by atoms with E-state index in [-0.39, 0.29) is 17.8 Å². The van der Waals surface area contributed by atoms with E-state index in [0.717, 1.165) is 21.7 Å². The number of anilines is 1. The van der Waals surface area contributed by atoms with Crippen molar-refractivity contribution < 1.29 is 27.9 Å². The van der Waals surface area contributed by atoms with Gasteiger partial charge >= 0.3 is 12.1 Å². The minimum Gasteiger partial charge on any atom is -0.480 e. The quantitative estimate of drug-likeness (QED) is 0.694. The molecule has 29 heavy (non-hydrogen) atoms. The summed E-state index contributed by atoms with van der Waals surface area (Å²) in [4.78, 5) is 29.9. The highest BCUT2D eigenvalue weighted by Gasteiger charge is 2.33. The number of halogens is 3. The first-order valence-electron chi connectivity index (χ1n) is 8.52. The lowest BCUT2D eigenvalue weighted by Gasteiger charge is -2.19. The molecule has 0 fully saturated rings. The standard InChI is InChI=1S/C20H13F3N2O3S/c21-20(22,23)12-5-3-4-11(8-12)17-19-18(13-6-1-2-7-14(13)29-19)25(10-16(27)28)15(26)9-24-17/h1-8H,9-10H2,(H,27,28). The fourth-order valence-electron chi connectivity index (χ4n) is 3.26. The maximum atomic E-state index is 13.2. The van der Waals surface area contributed by atoms with Gasteiger partial charge in [-0.25, -0.2) is 0 Å². The fourth-order valence-corrected chi connectivity index (χ4v) is 4.49. The van der Waals surface area contributed by atoms with Gasteiger partial charge in [0.25, 0.3) is 0 Å². The molecule has 0 atom stereocenters. The fraction of sp³-hybridized carbons (Fsp3) is 0.150. The SMILES string of the molecule is O=C(O)CN1C(=O)CN=C(c2cccc(C(F)(F)F)c2)c2sc3ccccc3c21. The summed E-state index contributed by atoms with van der Waals surface area (Å²) in [7, 11) is 0. The van der Waals surface area contributed by atoms with E-state index in [0.29, 0.717) is 16.0 Å². The minimum atomic E-state index is -4.52. The van der Waals surface area contributed by atoms with Crippen molar-refractivity contribution in [2.75, 3.05) is 18.0 Å². The number of carbonyl (C=O) groups is 2. The second-order valence-electron chi connectivity index (χ2n) is 6.39. The Balaban J connectivity index is 1.96. The van der Waals surface area contributed by atoms with Crippen LogP contribution in [0.4, 0.5) is 18.9 Å². The van der Waals surface area contributed by atoms with Crippen LogP contribution in [0, 0.1) is 0 Å². The number of hydrogen-bond donors (Lipinski definition) is 1. The van der Waals surface area contributed by atoms with Gasteiger partial charge < -0.3 is 5.11 Å². The van der Waals surface area contributed by atoms with Gasteiger partial charge in [-0.15, -0.1) is 11.3 Å². The Kier molecular flexibility index (Phi) is 4.62. The zero-order valence-corrected chi connectivity index (χ0v) is 15.5. The maximum Gasteiger partial charge on any atom is 0.416 e. The molecule has 0 aliphatic carbocycles. The molecule has 5 nitrogen and oxygen atoms in total. The van der Waals surface area contributed by atoms with E-state index in [9.17, 15) is 27.9 Å². The monoisotopic (exact) mass is 418 g/mol. The lowest BCUT2D eigenvalue weighted by Crippen LogP contribution is -2.36. The van der Waals surface area contributed by atoms with Crippen LogP contribution in [0.15, 0.2) is 53.5 Å². The van der Waals surface area contributed by atoms with Crippen molar-refractivity contribution in [1.29, 1.82) is 0 Å². The molecule has 148 valence electrons. The summed E-state index contributed by atoms with van der Waals surface area (Å²) in [5, 5.41) is 9.92. The van der Waals surface area contributed by atoms with E-state index < -0.39 is 30.2 Å². The van der Waals surface area contributed by atoms with E-state index in [2.05, 4.69) is 4.99 Å². The van der Waals surface area contributed by atoms with E-state index in [4.69, 9.17) is 0 Å². The molecule has 1 N–H and O–H groups in total. The molecule has 1 aliphatic rings. The Morgan fingerprint density at radius 2 is 1.93 bits per heavy atom. The summed E-state index contributed by atoms with van der Waals surface area (Å²) < 4.78 is 40.3. The highest BCUT2D eigenvalue weighted by Crippen LogP contribution is 2.41. The van der Waals surface area contributed by atoms with Crippen molar-refractivity contribution in [1.82, 2.24) is 0 Å². The van der Waals surface area contributed by atoms with Crippen molar-refractivity contribution in [3.05, 3.63) is 64.5 Å². The average molecular weight is 418 g/mol. The third kappa shape index (κ3) is 3.49. The van der Waals surface area contributed by atoms with E-state index in [1.165, 1.54) is 23.5 Å². The number of carboxylic acid groups (broad SMARTS) is 1. The largest absolute Gasteiger partial charge is 0.480 e. The van der Waals surface area contributed by atoms with Crippen LogP contribution in [0.1, 0.15) is 16.0 Å². The predicted octanol–water partition coefficient (Wildman–Crippen LogP) is 4.19. The first-order chi connectivity index (χ1) is 13.8. The van der Waals surface area contributed by atoms with Gasteiger partial charge in [-0.2, -0.15) is 13.2 Å². The molecule has 3 aromatic rings. The van der Waals surface area contributed by atoms with Gasteiger partial charge in [0, 0.05) is 15.6 Å². The number of aliphatic carboxylic acids is 1. The number of benzene rings is 2. The first kappa shape index (κ1) is 19.1. The number of carboxylic acids is 1. The molecule has 0 bridgehead atoms. The number of thiophene rings is 1. The molecular formula is C20H13F3N2O3S. The predicted molar refractivity (Wildman–Crippen MR) is 104 cm³/mol. The van der Waals surface area contributed by atoms with Crippen molar-refractivity contribution in [2.45, 2.75) is 6.18 Å². The van der Waals surface area contributed by atoms with Crippen molar-refractivity contribution in [3.63, 3.8) is 0 Å². The van der Waals surface area contributed by atoms with Crippen molar-refractivity contribution >= 4 is 44.7 Å². The lowest BCUT2D eigenvalue weighted by atomic mass is 10.0. The molecular weight excluding hydrogens is 405 g/mol. The molecule has 0 spiro atoms. The molecule has 2 aromatic carbocycles. The highest BCUT2D eigenvalue weighted by molar-refractivity contribution is 7.22. The van der Waals surface area contributed by atoms with Crippen molar-refractivity contribution in [3.8, 4) is 0 Å². The Bertz CT molecular complexity index is 1170. The van der Waals surface area contributed by atoms with Gasteiger partial charge in [-0.1, -0.05) is 30.3 Å². The molecule has 4 rings (SSSR count). The molecule has 1 aromatic heterocycles. The maximum absolute atomic E-state index is 13.2. The summed E-state index contributed by atoms with van der Waals surface area (Å²) in [5.74, 6) is -1.72. The molecule has 2 heterocycles. The molecule has 9 heteroatoms. The number of fused-ring (bicyclic) bond motifs is 3. The van der Waals surface area contributed by atoms with Gasteiger partial charge in [-0.05, 0) is 18.2 Å². The Hall–Kier alpha value is -3.20. The molecule has 0 saturated carbocycles. The van der Waals surface area contributed by atoms with Crippen LogP contribution in [-0.2, 0) is 15.8 Å². The Labute approximate surface area is 166 Å².